The van der Waals surface area contributed by atoms with Crippen LogP contribution in [0.1, 0.15) is 12.5 Å². The first-order valence-electron chi connectivity index (χ1n) is 6.20. The highest BCUT2D eigenvalue weighted by Crippen LogP contribution is 2.12. The lowest BCUT2D eigenvalue weighted by Crippen LogP contribution is -2.49. The van der Waals surface area contributed by atoms with Crippen molar-refractivity contribution in [3.63, 3.8) is 0 Å². The zero-order valence-corrected chi connectivity index (χ0v) is 12.6. The number of carbonyl (C=O) groups is 2. The van der Waals surface area contributed by atoms with Crippen LogP contribution < -0.4 is 20.9 Å². The number of hydrogen-bond donors (Lipinski definition) is 3. The Bertz CT molecular complexity index is 505. The van der Waals surface area contributed by atoms with E-state index in [1.165, 1.54) is 12.7 Å². The van der Waals surface area contributed by atoms with Crippen LogP contribution in [0.4, 0.5) is 4.79 Å². The fourth-order valence-electron chi connectivity index (χ4n) is 1.32. The van der Waals surface area contributed by atoms with Gasteiger partial charge in [0.1, 0.15) is 5.75 Å². The lowest BCUT2D eigenvalue weighted by molar-refractivity contribution is -0.121. The first kappa shape index (κ1) is 16.7. The summed E-state index contributed by atoms with van der Waals surface area (Å²) in [5, 5.41) is 2.28. The van der Waals surface area contributed by atoms with Gasteiger partial charge in [-0.1, -0.05) is 19.1 Å². The van der Waals surface area contributed by atoms with Crippen LogP contribution >= 0.6 is 12.2 Å². The Morgan fingerprint density at radius 2 is 1.86 bits per heavy atom. The third-order valence-corrected chi connectivity index (χ3v) is 2.62. The van der Waals surface area contributed by atoms with Crippen LogP contribution in [0.5, 0.6) is 5.75 Å². The molecule has 0 saturated heterocycles. The molecule has 3 N–H and O–H groups in total. The van der Waals surface area contributed by atoms with E-state index in [0.717, 1.165) is 6.42 Å². The van der Waals surface area contributed by atoms with Crippen LogP contribution in [-0.2, 0) is 16.0 Å². The monoisotopic (exact) mass is 311 g/mol. The molecule has 0 bridgehead atoms. The SMILES string of the molecule is CCc1ccc(OCC(=O)NC(=S)NNC(=O)OC)cc1. The molecule has 8 heteroatoms. The van der Waals surface area contributed by atoms with Crippen molar-refractivity contribution in [3.05, 3.63) is 29.8 Å². The van der Waals surface area contributed by atoms with E-state index in [1.54, 1.807) is 12.1 Å². The molecule has 0 aromatic heterocycles. The summed E-state index contributed by atoms with van der Waals surface area (Å²) in [5.74, 6) is 0.146. The average Bonchev–Trinajstić information content (AvgIpc) is 2.51. The van der Waals surface area contributed by atoms with E-state index in [1.807, 2.05) is 12.1 Å². The molecule has 114 valence electrons. The van der Waals surface area contributed by atoms with Crippen molar-refractivity contribution in [2.24, 2.45) is 0 Å². The van der Waals surface area contributed by atoms with Gasteiger partial charge in [0, 0.05) is 0 Å². The molecule has 0 saturated carbocycles. The number of thiocarbonyl (C=S) groups is 1. The zero-order valence-electron chi connectivity index (χ0n) is 11.8. The highest BCUT2D eigenvalue weighted by Gasteiger charge is 2.06. The minimum absolute atomic E-state index is 0.0599. The second-order valence-corrected chi connectivity index (χ2v) is 4.31. The summed E-state index contributed by atoms with van der Waals surface area (Å²) in [5.41, 5.74) is 5.60. The van der Waals surface area contributed by atoms with Gasteiger partial charge in [-0.3, -0.25) is 15.5 Å². The minimum Gasteiger partial charge on any atom is -0.484 e. The zero-order chi connectivity index (χ0) is 15.7. The minimum atomic E-state index is -0.723. The molecule has 1 rings (SSSR count). The summed E-state index contributed by atoms with van der Waals surface area (Å²) in [6.45, 7) is 1.87. The molecule has 1 aromatic rings. The topological polar surface area (TPSA) is 88.7 Å². The number of ether oxygens (including phenoxy) is 2. The van der Waals surface area contributed by atoms with Gasteiger partial charge >= 0.3 is 6.09 Å². The molecule has 0 unspecified atom stereocenters. The molecular formula is C13H17N3O4S. The third kappa shape index (κ3) is 6.57. The van der Waals surface area contributed by atoms with Crippen LogP contribution in [0, 0.1) is 0 Å². The molecule has 0 radical (unpaired) electrons. The maximum atomic E-state index is 11.6. The van der Waals surface area contributed by atoms with E-state index in [-0.39, 0.29) is 11.7 Å². The maximum absolute atomic E-state index is 11.6. The lowest BCUT2D eigenvalue weighted by Gasteiger charge is -2.10. The number of aryl methyl sites for hydroxylation is 1. The van der Waals surface area contributed by atoms with Gasteiger partial charge in [-0.2, -0.15) is 0 Å². The molecule has 21 heavy (non-hydrogen) atoms. The Morgan fingerprint density at radius 3 is 2.43 bits per heavy atom. The van der Waals surface area contributed by atoms with Crippen molar-refractivity contribution in [2.75, 3.05) is 13.7 Å². The Labute approximate surface area is 128 Å². The number of benzene rings is 1. The Kier molecular flexibility index (Phi) is 6.96. The van der Waals surface area contributed by atoms with E-state index >= 15 is 0 Å². The predicted molar refractivity (Wildman–Crippen MR) is 80.7 cm³/mol. The standard InChI is InChI=1S/C13H17N3O4S/c1-3-9-4-6-10(7-5-9)20-8-11(17)14-12(21)15-16-13(18)19-2/h4-7H,3,8H2,1-2H3,(H,16,18)(H2,14,15,17,21). The molecule has 7 nitrogen and oxygen atoms in total. The van der Waals surface area contributed by atoms with Gasteiger partial charge in [-0.05, 0) is 36.3 Å². The first-order chi connectivity index (χ1) is 10.0. The van der Waals surface area contributed by atoms with Crippen molar-refractivity contribution in [1.29, 1.82) is 0 Å². The van der Waals surface area contributed by atoms with E-state index in [0.29, 0.717) is 5.75 Å². The molecule has 0 atom stereocenters. The summed E-state index contributed by atoms with van der Waals surface area (Å²) >= 11 is 4.79. The van der Waals surface area contributed by atoms with Gasteiger partial charge in [0.25, 0.3) is 5.91 Å². The van der Waals surface area contributed by atoms with Gasteiger partial charge in [-0.15, -0.1) is 0 Å². The van der Waals surface area contributed by atoms with Crippen molar-refractivity contribution >= 4 is 29.3 Å². The fourth-order valence-corrected chi connectivity index (χ4v) is 1.49. The number of hydrazine groups is 1. The summed E-state index contributed by atoms with van der Waals surface area (Å²) < 4.78 is 9.62. The number of amides is 2. The number of nitrogens with one attached hydrogen (secondary N) is 3. The molecule has 2 amide bonds. The van der Waals surface area contributed by atoms with Crippen LogP contribution in [0.3, 0.4) is 0 Å². The fraction of sp³-hybridized carbons (Fsp3) is 0.308. The van der Waals surface area contributed by atoms with E-state index in [4.69, 9.17) is 17.0 Å². The Hall–Kier alpha value is -2.35. The van der Waals surface area contributed by atoms with Crippen molar-refractivity contribution in [1.82, 2.24) is 16.2 Å². The number of methoxy groups -OCH3 is 1. The highest BCUT2D eigenvalue weighted by molar-refractivity contribution is 7.80. The van der Waals surface area contributed by atoms with Crippen LogP contribution in [-0.4, -0.2) is 30.8 Å². The molecule has 0 aliphatic heterocycles. The van der Waals surface area contributed by atoms with Gasteiger partial charge in [0.05, 0.1) is 7.11 Å². The molecule has 0 spiro atoms. The molecule has 1 aromatic carbocycles. The average molecular weight is 311 g/mol. The van der Waals surface area contributed by atoms with Crippen molar-refractivity contribution in [2.45, 2.75) is 13.3 Å². The summed E-state index contributed by atoms with van der Waals surface area (Å²) in [4.78, 5) is 22.3. The summed E-state index contributed by atoms with van der Waals surface area (Å²) in [7, 11) is 1.20. The summed E-state index contributed by atoms with van der Waals surface area (Å²) in [6, 6.07) is 7.45. The van der Waals surface area contributed by atoms with Crippen LogP contribution in [0.25, 0.3) is 0 Å². The van der Waals surface area contributed by atoms with Gasteiger partial charge in [0.15, 0.2) is 11.7 Å². The Balaban J connectivity index is 2.29. The first-order valence-corrected chi connectivity index (χ1v) is 6.61. The predicted octanol–water partition coefficient (Wildman–Crippen LogP) is 0.889. The van der Waals surface area contributed by atoms with E-state index in [9.17, 15) is 9.59 Å². The quantitative estimate of drug-likeness (QED) is 0.565. The molecule has 0 aliphatic rings. The van der Waals surface area contributed by atoms with Gasteiger partial charge in [0.2, 0.25) is 0 Å². The third-order valence-electron chi connectivity index (χ3n) is 2.42. The van der Waals surface area contributed by atoms with Crippen molar-refractivity contribution < 1.29 is 19.1 Å². The van der Waals surface area contributed by atoms with E-state index < -0.39 is 12.0 Å². The van der Waals surface area contributed by atoms with Gasteiger partial charge < -0.3 is 9.47 Å². The molecule has 0 aliphatic carbocycles. The second-order valence-electron chi connectivity index (χ2n) is 3.91. The molecule has 0 fully saturated rings. The van der Waals surface area contributed by atoms with Crippen LogP contribution in [0.2, 0.25) is 0 Å². The normalized spacial score (nSPS) is 9.43. The largest absolute Gasteiger partial charge is 0.484 e. The number of carbonyl (C=O) groups excluding carboxylic acids is 2. The van der Waals surface area contributed by atoms with Crippen LogP contribution in [0.15, 0.2) is 24.3 Å². The number of rotatable bonds is 4. The maximum Gasteiger partial charge on any atom is 0.425 e. The Morgan fingerprint density at radius 1 is 1.19 bits per heavy atom. The molecular weight excluding hydrogens is 294 g/mol. The van der Waals surface area contributed by atoms with Crippen molar-refractivity contribution in [3.8, 4) is 5.75 Å². The van der Waals surface area contributed by atoms with Gasteiger partial charge in [-0.25, -0.2) is 10.2 Å². The molecule has 0 heterocycles. The highest BCUT2D eigenvalue weighted by atomic mass is 32.1. The number of hydrogen-bond acceptors (Lipinski definition) is 5. The summed E-state index contributed by atoms with van der Waals surface area (Å²) in [6.07, 6.45) is 0.215. The second kappa shape index (κ2) is 8.75. The van der Waals surface area contributed by atoms with E-state index in [2.05, 4.69) is 27.8 Å². The smallest absolute Gasteiger partial charge is 0.425 e. The lowest BCUT2D eigenvalue weighted by atomic mass is 10.2.